The zero-order chi connectivity index (χ0) is 13.7. The zero-order valence-corrected chi connectivity index (χ0v) is 13.7. The van der Waals surface area contributed by atoms with Crippen molar-refractivity contribution < 1.29 is 9.59 Å². The minimum atomic E-state index is -0.794. The summed E-state index contributed by atoms with van der Waals surface area (Å²) in [7, 11) is 0. The first kappa shape index (κ1) is 21.7. The van der Waals surface area contributed by atoms with Gasteiger partial charge in [-0.2, -0.15) is 0 Å². The summed E-state index contributed by atoms with van der Waals surface area (Å²) in [6, 6.07) is -0.386. The number of likely N-dealkylation sites (tertiary alicyclic amines) is 1. The molecule has 0 aromatic rings. The first-order valence-electron chi connectivity index (χ1n) is 6.56. The maximum Gasteiger partial charge on any atom is 0.240 e. The first-order valence-corrected chi connectivity index (χ1v) is 6.56. The molecule has 1 saturated heterocycles. The Bertz CT molecular complexity index is 314. The van der Waals surface area contributed by atoms with Crippen LogP contribution < -0.4 is 11.5 Å². The van der Waals surface area contributed by atoms with Gasteiger partial charge in [-0.1, -0.05) is 13.8 Å². The van der Waals surface area contributed by atoms with Crippen molar-refractivity contribution >= 4 is 36.6 Å². The highest BCUT2D eigenvalue weighted by Crippen LogP contribution is 2.16. The molecule has 0 aromatic carbocycles. The van der Waals surface area contributed by atoms with Crippen LogP contribution in [-0.4, -0.2) is 59.9 Å². The Morgan fingerprint density at radius 2 is 1.85 bits per heavy atom. The molecule has 0 spiro atoms. The lowest BCUT2D eigenvalue weighted by Crippen LogP contribution is -2.46. The fraction of sp³-hybridized carbons (Fsp3) is 0.833. The van der Waals surface area contributed by atoms with Crippen LogP contribution >= 0.6 is 24.8 Å². The van der Waals surface area contributed by atoms with Gasteiger partial charge < -0.3 is 16.4 Å². The summed E-state index contributed by atoms with van der Waals surface area (Å²) in [5, 5.41) is 0. The highest BCUT2D eigenvalue weighted by Gasteiger charge is 2.31. The SMILES string of the molecule is CCN(CC)C1CCN(C(=O)C(N)CC(N)=O)C1.Cl.Cl. The normalized spacial score (nSPS) is 19.2. The topological polar surface area (TPSA) is 92.7 Å². The number of amides is 2. The van der Waals surface area contributed by atoms with Gasteiger partial charge >= 0.3 is 0 Å². The van der Waals surface area contributed by atoms with Gasteiger partial charge in [-0.3, -0.25) is 14.5 Å². The number of carbonyl (C=O) groups is 2. The lowest BCUT2D eigenvalue weighted by Gasteiger charge is -2.26. The van der Waals surface area contributed by atoms with Gasteiger partial charge in [0.15, 0.2) is 0 Å². The lowest BCUT2D eigenvalue weighted by atomic mass is 10.2. The number of hydrogen-bond acceptors (Lipinski definition) is 4. The zero-order valence-electron chi connectivity index (χ0n) is 12.1. The molecular formula is C12H26Cl2N4O2. The van der Waals surface area contributed by atoms with Crippen molar-refractivity contribution in [1.29, 1.82) is 0 Å². The molecule has 2 amide bonds. The van der Waals surface area contributed by atoms with Crippen LogP contribution in [0.2, 0.25) is 0 Å². The van der Waals surface area contributed by atoms with E-state index in [1.54, 1.807) is 4.90 Å². The molecule has 1 fully saturated rings. The van der Waals surface area contributed by atoms with Crippen LogP contribution in [0.25, 0.3) is 0 Å². The van der Waals surface area contributed by atoms with E-state index in [0.717, 1.165) is 19.5 Å². The second kappa shape index (κ2) is 10.2. The third-order valence-corrected chi connectivity index (χ3v) is 3.54. The molecule has 0 saturated carbocycles. The molecule has 4 N–H and O–H groups in total. The molecule has 1 heterocycles. The van der Waals surface area contributed by atoms with Crippen molar-refractivity contribution in [1.82, 2.24) is 9.80 Å². The molecule has 2 unspecified atom stereocenters. The molecule has 0 aromatic heterocycles. The van der Waals surface area contributed by atoms with Crippen LogP contribution in [0.3, 0.4) is 0 Å². The van der Waals surface area contributed by atoms with E-state index in [-0.39, 0.29) is 37.1 Å². The highest BCUT2D eigenvalue weighted by molar-refractivity contribution is 5.87. The fourth-order valence-corrected chi connectivity index (χ4v) is 2.52. The molecular weight excluding hydrogens is 303 g/mol. The lowest BCUT2D eigenvalue weighted by molar-refractivity contribution is -0.133. The quantitative estimate of drug-likeness (QED) is 0.716. The molecule has 1 aliphatic heterocycles. The molecule has 20 heavy (non-hydrogen) atoms. The fourth-order valence-electron chi connectivity index (χ4n) is 2.52. The number of halogens is 2. The number of nitrogens with zero attached hydrogens (tertiary/aromatic N) is 2. The van der Waals surface area contributed by atoms with Crippen LogP contribution in [0.4, 0.5) is 0 Å². The molecule has 0 radical (unpaired) electrons. The van der Waals surface area contributed by atoms with E-state index in [1.165, 1.54) is 0 Å². The predicted molar refractivity (Wildman–Crippen MR) is 84.2 cm³/mol. The highest BCUT2D eigenvalue weighted by atomic mass is 35.5. The Labute approximate surface area is 133 Å². The molecule has 0 aliphatic carbocycles. The molecule has 120 valence electrons. The van der Waals surface area contributed by atoms with Gasteiger partial charge in [-0.15, -0.1) is 24.8 Å². The van der Waals surface area contributed by atoms with Crippen LogP contribution in [0, 0.1) is 0 Å². The number of rotatable bonds is 6. The Balaban J connectivity index is 0. The molecule has 6 nitrogen and oxygen atoms in total. The Hall–Kier alpha value is -0.560. The Morgan fingerprint density at radius 1 is 1.30 bits per heavy atom. The predicted octanol–water partition coefficient (Wildman–Crippen LogP) is -0.0246. The smallest absolute Gasteiger partial charge is 0.240 e. The van der Waals surface area contributed by atoms with Gasteiger partial charge in [0.1, 0.15) is 0 Å². The summed E-state index contributed by atoms with van der Waals surface area (Å²) in [5.41, 5.74) is 10.7. The number of carbonyl (C=O) groups excluding carboxylic acids is 2. The monoisotopic (exact) mass is 328 g/mol. The molecule has 1 rings (SSSR count). The maximum atomic E-state index is 12.0. The largest absolute Gasteiger partial charge is 0.370 e. The second-order valence-electron chi connectivity index (χ2n) is 4.72. The maximum absolute atomic E-state index is 12.0. The van der Waals surface area contributed by atoms with Crippen LogP contribution in [-0.2, 0) is 9.59 Å². The number of nitrogens with two attached hydrogens (primary N) is 2. The average Bonchev–Trinajstić information content (AvgIpc) is 2.78. The van der Waals surface area contributed by atoms with E-state index in [9.17, 15) is 9.59 Å². The summed E-state index contributed by atoms with van der Waals surface area (Å²) < 4.78 is 0. The van der Waals surface area contributed by atoms with Gasteiger partial charge in [-0.05, 0) is 19.5 Å². The summed E-state index contributed by atoms with van der Waals surface area (Å²) in [6.07, 6.45) is 0.891. The second-order valence-corrected chi connectivity index (χ2v) is 4.72. The van der Waals surface area contributed by atoms with Crippen LogP contribution in [0.15, 0.2) is 0 Å². The summed E-state index contributed by atoms with van der Waals surface area (Å²) >= 11 is 0. The van der Waals surface area contributed by atoms with E-state index >= 15 is 0 Å². The Morgan fingerprint density at radius 3 is 2.30 bits per heavy atom. The molecule has 0 bridgehead atoms. The van der Waals surface area contributed by atoms with E-state index in [0.29, 0.717) is 19.1 Å². The summed E-state index contributed by atoms with van der Waals surface area (Å²) in [4.78, 5) is 26.8. The third-order valence-electron chi connectivity index (χ3n) is 3.54. The third kappa shape index (κ3) is 5.83. The van der Waals surface area contributed by atoms with Crippen molar-refractivity contribution in [3.8, 4) is 0 Å². The number of primary amides is 1. The summed E-state index contributed by atoms with van der Waals surface area (Å²) in [5.74, 6) is -0.696. The van der Waals surface area contributed by atoms with Crippen molar-refractivity contribution in [2.75, 3.05) is 26.2 Å². The standard InChI is InChI=1S/C12H24N4O2.2ClH/c1-3-15(4-2)9-5-6-16(8-9)12(18)10(13)7-11(14)17;;/h9-10H,3-8,13H2,1-2H3,(H2,14,17);2*1H. The first-order chi connectivity index (χ1) is 8.49. The average molecular weight is 329 g/mol. The number of likely N-dealkylation sites (N-methyl/N-ethyl adjacent to an activating group) is 1. The summed E-state index contributed by atoms with van der Waals surface area (Å²) in [6.45, 7) is 7.62. The Kier molecular flexibility index (Phi) is 11.1. The van der Waals surface area contributed by atoms with E-state index in [4.69, 9.17) is 11.5 Å². The van der Waals surface area contributed by atoms with Crippen molar-refractivity contribution in [3.63, 3.8) is 0 Å². The van der Waals surface area contributed by atoms with Crippen LogP contribution in [0.1, 0.15) is 26.7 Å². The van der Waals surface area contributed by atoms with E-state index in [1.807, 2.05) is 0 Å². The number of hydrogen-bond donors (Lipinski definition) is 2. The molecule has 8 heteroatoms. The minimum Gasteiger partial charge on any atom is -0.370 e. The molecule has 1 aliphatic rings. The minimum absolute atomic E-state index is 0. The van der Waals surface area contributed by atoms with Crippen molar-refractivity contribution in [2.24, 2.45) is 11.5 Å². The van der Waals surface area contributed by atoms with Gasteiger partial charge in [0.2, 0.25) is 11.8 Å². The van der Waals surface area contributed by atoms with Gasteiger partial charge in [0.05, 0.1) is 12.5 Å². The van der Waals surface area contributed by atoms with Gasteiger partial charge in [0, 0.05) is 19.1 Å². The van der Waals surface area contributed by atoms with E-state index < -0.39 is 11.9 Å². The molecule has 2 atom stereocenters. The van der Waals surface area contributed by atoms with Crippen molar-refractivity contribution in [3.05, 3.63) is 0 Å². The van der Waals surface area contributed by atoms with Gasteiger partial charge in [-0.25, -0.2) is 0 Å². The van der Waals surface area contributed by atoms with Crippen molar-refractivity contribution in [2.45, 2.75) is 38.8 Å². The van der Waals surface area contributed by atoms with Crippen LogP contribution in [0.5, 0.6) is 0 Å². The van der Waals surface area contributed by atoms with Gasteiger partial charge in [0.25, 0.3) is 0 Å². The van der Waals surface area contributed by atoms with E-state index in [2.05, 4.69) is 18.7 Å².